The lowest BCUT2D eigenvalue weighted by atomic mass is 10.0. The molecule has 4 aromatic carbocycles. The molecule has 0 radical (unpaired) electrons. The highest BCUT2D eigenvalue weighted by Gasteiger charge is 2.39. The number of hydrogen-bond acceptors (Lipinski definition) is 14. The van der Waals surface area contributed by atoms with E-state index < -0.39 is 8.32 Å². The van der Waals surface area contributed by atoms with Crippen LogP contribution in [0.4, 0.5) is 23.0 Å². The number of aromatic nitrogens is 4. The van der Waals surface area contributed by atoms with Gasteiger partial charge in [0.15, 0.2) is 8.32 Å². The van der Waals surface area contributed by atoms with Gasteiger partial charge in [0.2, 0.25) is 24.9 Å². The van der Waals surface area contributed by atoms with Crippen LogP contribution in [-0.2, 0) is 39.9 Å². The number of piperazine rings is 2. The predicted octanol–water partition coefficient (Wildman–Crippen LogP) is 9.60. The van der Waals surface area contributed by atoms with Crippen LogP contribution in [0.3, 0.4) is 0 Å². The Morgan fingerprint density at radius 3 is 1.50 bits per heavy atom. The molecule has 0 saturated carbocycles. The molecule has 4 aliphatic rings. The first-order valence-electron chi connectivity index (χ1n) is 28.9. The predicted molar refractivity (Wildman–Crippen MR) is 338 cm³/mol. The summed E-state index contributed by atoms with van der Waals surface area (Å²) in [6.45, 7) is 41.5. The van der Waals surface area contributed by atoms with Crippen LogP contribution in [0, 0.1) is 13.1 Å². The Balaban J connectivity index is 0.000000219. The van der Waals surface area contributed by atoms with Crippen molar-refractivity contribution in [2.45, 2.75) is 89.8 Å². The Morgan fingerprint density at radius 2 is 1.07 bits per heavy atom. The fourth-order valence-electron chi connectivity index (χ4n) is 11.2. The van der Waals surface area contributed by atoms with E-state index in [0.717, 1.165) is 66.5 Å². The minimum atomic E-state index is -1.83. The molecule has 2 aromatic heterocycles. The van der Waals surface area contributed by atoms with Gasteiger partial charge in [0.05, 0.1) is 37.7 Å². The minimum Gasteiger partial charge on any atom is -0.463 e. The Hall–Kier alpha value is -7.81. The number of nitrogens with zero attached hydrogens (tertiary/aromatic N) is 12. The maximum Gasteiger partial charge on any atom is 0.318 e. The molecule has 4 aliphatic heterocycles. The SMILES string of the molecule is Cl.[C-]#[N+]CC1CN(c2nc(OCCCO)nc3c2CCN(c2cccc4ccccc24)C3)CCN1C(=O)C=C.[C-]#[N+]CC1CN(c2nc(OCCCO[Si](C)(C)C(C)(C)C)nc3c2CCN(c2cccc4ccccc24)C3)CCN1C(=O)C=C. The number of aliphatic hydroxyl groups excluding tert-OH is 1. The van der Waals surface area contributed by atoms with Gasteiger partial charge in [-0.1, -0.05) is 107 Å². The molecule has 10 rings (SSSR count). The van der Waals surface area contributed by atoms with Gasteiger partial charge in [-0.15, -0.1) is 12.4 Å². The van der Waals surface area contributed by atoms with E-state index in [4.69, 9.17) is 47.0 Å². The van der Waals surface area contributed by atoms with Gasteiger partial charge in [-0.25, -0.2) is 13.1 Å². The third kappa shape index (κ3) is 14.2. The van der Waals surface area contributed by atoms with Crippen LogP contribution in [0.1, 0.15) is 56.1 Å². The zero-order chi connectivity index (χ0) is 58.7. The fraction of sp³-hybridized carbons (Fsp3) is 0.438. The summed E-state index contributed by atoms with van der Waals surface area (Å²) < 4.78 is 18.4. The van der Waals surface area contributed by atoms with Gasteiger partial charge in [-0.2, -0.15) is 19.9 Å². The monoisotopic (exact) mass is 1170 g/mol. The van der Waals surface area contributed by atoms with Crippen molar-refractivity contribution in [3.05, 3.63) is 156 Å². The van der Waals surface area contributed by atoms with Crippen LogP contribution < -0.4 is 29.1 Å². The number of fused-ring (bicyclic) bond motifs is 4. The van der Waals surface area contributed by atoms with Crippen LogP contribution >= 0.6 is 12.4 Å². The lowest BCUT2D eigenvalue weighted by Gasteiger charge is -2.41. The summed E-state index contributed by atoms with van der Waals surface area (Å²) in [5, 5.41) is 14.2. The fourth-order valence-corrected chi connectivity index (χ4v) is 12.3. The lowest BCUT2D eigenvalue weighted by molar-refractivity contribution is -0.129. The zero-order valence-corrected chi connectivity index (χ0v) is 51.0. The summed E-state index contributed by atoms with van der Waals surface area (Å²) in [6.07, 6.45) is 5.45. The van der Waals surface area contributed by atoms with E-state index in [9.17, 15) is 14.7 Å². The summed E-state index contributed by atoms with van der Waals surface area (Å²) in [4.78, 5) is 64.3. The zero-order valence-electron chi connectivity index (χ0n) is 49.2. The molecular formula is C64H79ClN12O6Si. The number of rotatable bonds is 18. The van der Waals surface area contributed by atoms with Gasteiger partial charge in [0.1, 0.15) is 23.7 Å². The number of hydrogen-bond donors (Lipinski definition) is 1. The molecular weight excluding hydrogens is 1100 g/mol. The average Bonchev–Trinajstić information content (AvgIpc) is 1.52. The number of aliphatic hydroxyl groups is 1. The topological polar surface area (TPSA) is 162 Å². The number of halogens is 1. The van der Waals surface area contributed by atoms with E-state index in [1.807, 2.05) is 0 Å². The van der Waals surface area contributed by atoms with Crippen LogP contribution in [-0.4, -0.2) is 159 Å². The maximum absolute atomic E-state index is 12.6. The van der Waals surface area contributed by atoms with Crippen molar-refractivity contribution in [3.8, 4) is 12.0 Å². The number of anilines is 4. The Morgan fingerprint density at radius 1 is 0.631 bits per heavy atom. The normalized spacial score (nSPS) is 17.0. The molecule has 18 nitrogen and oxygen atoms in total. The van der Waals surface area contributed by atoms with E-state index in [-0.39, 0.29) is 61.0 Å². The van der Waals surface area contributed by atoms with Crippen molar-refractivity contribution in [3.63, 3.8) is 0 Å². The number of amides is 2. The highest BCUT2D eigenvalue weighted by atomic mass is 35.5. The molecule has 0 aliphatic carbocycles. The summed E-state index contributed by atoms with van der Waals surface area (Å²) in [5.74, 6) is 1.38. The molecule has 2 amide bonds. The molecule has 2 unspecified atom stereocenters. The van der Waals surface area contributed by atoms with E-state index in [1.54, 1.807) is 9.80 Å². The smallest absolute Gasteiger partial charge is 0.318 e. The van der Waals surface area contributed by atoms with E-state index in [2.05, 4.69) is 161 Å². The molecule has 1 N–H and O–H groups in total. The van der Waals surface area contributed by atoms with Gasteiger partial charge in [-0.3, -0.25) is 9.59 Å². The Labute approximate surface area is 501 Å². The molecule has 2 saturated heterocycles. The van der Waals surface area contributed by atoms with Crippen molar-refractivity contribution in [2.24, 2.45) is 0 Å². The van der Waals surface area contributed by atoms with Crippen molar-refractivity contribution < 1.29 is 28.6 Å². The molecule has 20 heteroatoms. The van der Waals surface area contributed by atoms with Crippen LogP contribution in [0.2, 0.25) is 18.1 Å². The lowest BCUT2D eigenvalue weighted by Crippen LogP contribution is -2.56. The summed E-state index contributed by atoms with van der Waals surface area (Å²) in [5.41, 5.74) is 6.44. The van der Waals surface area contributed by atoms with Gasteiger partial charge >= 0.3 is 12.0 Å². The molecule has 2 atom stereocenters. The second kappa shape index (κ2) is 28.2. The molecule has 442 valence electrons. The summed E-state index contributed by atoms with van der Waals surface area (Å²) in [7, 11) is -1.83. The summed E-state index contributed by atoms with van der Waals surface area (Å²) in [6, 6.07) is 29.8. The van der Waals surface area contributed by atoms with Crippen molar-refractivity contribution in [1.29, 1.82) is 0 Å². The number of carbonyl (C=O) groups is 2. The maximum atomic E-state index is 12.6. The number of benzene rings is 4. The van der Waals surface area contributed by atoms with Gasteiger partial charge in [-0.05, 0) is 66.0 Å². The standard InChI is InChI=1S/C35H46N6O3Si.C29H32N6O3.ClH/c1-8-32(42)41-20-19-40(24-27(41)23-36-5)33-29-17-18-39(31-16-11-14-26-13-9-10-15-28(26)31)25-30(29)37-34(38-33)43-21-12-22-44-45(6,7)35(2,3)4;1-3-27(37)35-15-14-34(19-22(35)18-30-2)28-24-12-13-33(20-25(24)31-29(32-28)38-17-7-16-36)26-11-6-9-21-8-4-5-10-23(21)26;/h8-11,13-16,27H,1,12,17-25H2,2-4,6-7H3;3-6,8-11,22,36H,1,7,12-20H2;1H. The van der Waals surface area contributed by atoms with Crippen LogP contribution in [0.15, 0.2) is 110 Å². The van der Waals surface area contributed by atoms with Crippen LogP contribution in [0.5, 0.6) is 12.0 Å². The Kier molecular flexibility index (Phi) is 20.9. The third-order valence-electron chi connectivity index (χ3n) is 16.7. The Bertz CT molecular complexity index is 3390. The second-order valence-corrected chi connectivity index (χ2v) is 27.7. The first-order chi connectivity index (χ1) is 40.1. The van der Waals surface area contributed by atoms with Crippen molar-refractivity contribution >= 4 is 77.1 Å². The van der Waals surface area contributed by atoms with E-state index >= 15 is 0 Å². The first kappa shape index (κ1) is 62.2. The molecule has 6 aromatic rings. The van der Waals surface area contributed by atoms with Gasteiger partial charge in [0, 0.05) is 112 Å². The second-order valence-electron chi connectivity index (χ2n) is 22.9. The highest BCUT2D eigenvalue weighted by molar-refractivity contribution is 6.74. The molecule has 2 fully saturated rings. The minimum absolute atomic E-state index is 0. The van der Waals surface area contributed by atoms with Gasteiger partial charge in [0.25, 0.3) is 0 Å². The number of ether oxygens (including phenoxy) is 2. The molecule has 0 bridgehead atoms. The molecule has 0 spiro atoms. The number of carbonyl (C=O) groups excluding carboxylic acids is 2. The third-order valence-corrected chi connectivity index (χ3v) is 21.2. The van der Waals surface area contributed by atoms with Crippen LogP contribution in [0.25, 0.3) is 31.2 Å². The largest absolute Gasteiger partial charge is 0.463 e. The van der Waals surface area contributed by atoms with E-state index in [0.29, 0.717) is 90.6 Å². The average molecular weight is 1180 g/mol. The first-order valence-corrected chi connectivity index (χ1v) is 31.8. The van der Waals surface area contributed by atoms with E-state index in [1.165, 1.54) is 45.1 Å². The quantitative estimate of drug-likeness (QED) is 0.0375. The molecule has 84 heavy (non-hydrogen) atoms. The molecule has 6 heterocycles. The van der Waals surface area contributed by atoms with Crippen molar-refractivity contribution in [2.75, 3.05) is 111 Å². The summed E-state index contributed by atoms with van der Waals surface area (Å²) >= 11 is 0. The van der Waals surface area contributed by atoms with Crippen molar-refractivity contribution in [1.82, 2.24) is 29.7 Å². The highest BCUT2D eigenvalue weighted by Crippen LogP contribution is 2.39. The van der Waals surface area contributed by atoms with Gasteiger partial charge < -0.3 is 58.1 Å².